The molecule has 1 aromatic carbocycles. The molecular formula is C13H19ClN2S. The molecule has 0 bridgehead atoms. The van der Waals surface area contributed by atoms with E-state index in [1.54, 1.807) is 0 Å². The van der Waals surface area contributed by atoms with Gasteiger partial charge in [-0.3, -0.25) is 0 Å². The van der Waals surface area contributed by atoms with Crippen LogP contribution in [0.4, 0.5) is 5.69 Å². The van der Waals surface area contributed by atoms with Crippen molar-refractivity contribution in [3.05, 3.63) is 28.8 Å². The first-order chi connectivity index (χ1) is 8.22. The summed E-state index contributed by atoms with van der Waals surface area (Å²) in [7, 11) is 0. The maximum atomic E-state index is 6.06. The van der Waals surface area contributed by atoms with Gasteiger partial charge in [-0.25, -0.2) is 0 Å². The zero-order valence-corrected chi connectivity index (χ0v) is 11.7. The minimum absolute atomic E-state index is 0.589. The van der Waals surface area contributed by atoms with E-state index in [1.165, 1.54) is 22.8 Å². The Morgan fingerprint density at radius 2 is 2.35 bits per heavy atom. The molecule has 2 N–H and O–H groups in total. The van der Waals surface area contributed by atoms with Crippen LogP contribution >= 0.6 is 23.4 Å². The first-order valence-electron chi connectivity index (χ1n) is 6.05. The zero-order valence-electron chi connectivity index (χ0n) is 10.2. The van der Waals surface area contributed by atoms with Gasteiger partial charge < -0.3 is 10.6 Å². The number of nitrogens with zero attached hydrogens (tertiary/aromatic N) is 1. The Morgan fingerprint density at radius 1 is 1.53 bits per heavy atom. The van der Waals surface area contributed by atoms with Gasteiger partial charge in [-0.05, 0) is 43.7 Å². The van der Waals surface area contributed by atoms with Crippen LogP contribution in [-0.2, 0) is 6.42 Å². The predicted octanol–water partition coefficient (Wildman–Crippen LogP) is 2.78. The maximum absolute atomic E-state index is 6.06. The minimum Gasteiger partial charge on any atom is -0.367 e. The second kappa shape index (κ2) is 5.98. The highest BCUT2D eigenvalue weighted by molar-refractivity contribution is 7.99. The van der Waals surface area contributed by atoms with E-state index in [2.05, 4.69) is 24.0 Å². The Morgan fingerprint density at radius 3 is 3.06 bits per heavy atom. The SMILES string of the molecule is CC1CSCCN1c1ccc(Cl)cc1CCN. The summed E-state index contributed by atoms with van der Waals surface area (Å²) in [6.07, 6.45) is 0.895. The maximum Gasteiger partial charge on any atom is 0.0410 e. The topological polar surface area (TPSA) is 29.3 Å². The van der Waals surface area contributed by atoms with Gasteiger partial charge in [0.05, 0.1) is 0 Å². The predicted molar refractivity (Wildman–Crippen MR) is 78.3 cm³/mol. The quantitative estimate of drug-likeness (QED) is 0.916. The van der Waals surface area contributed by atoms with Gasteiger partial charge >= 0.3 is 0 Å². The highest BCUT2D eigenvalue weighted by Gasteiger charge is 2.20. The van der Waals surface area contributed by atoms with E-state index in [1.807, 2.05) is 17.8 Å². The Balaban J connectivity index is 2.29. The van der Waals surface area contributed by atoms with Gasteiger partial charge in [0.15, 0.2) is 0 Å². The van der Waals surface area contributed by atoms with E-state index in [9.17, 15) is 0 Å². The average Bonchev–Trinajstić information content (AvgIpc) is 2.31. The molecule has 1 aliphatic rings. The second-order valence-electron chi connectivity index (χ2n) is 4.43. The van der Waals surface area contributed by atoms with E-state index >= 15 is 0 Å². The van der Waals surface area contributed by atoms with Gasteiger partial charge in [0.1, 0.15) is 0 Å². The molecular weight excluding hydrogens is 252 g/mol. The number of nitrogens with two attached hydrogens (primary N) is 1. The van der Waals surface area contributed by atoms with Crippen LogP contribution in [0.5, 0.6) is 0 Å². The normalized spacial score (nSPS) is 20.6. The van der Waals surface area contributed by atoms with Crippen molar-refractivity contribution < 1.29 is 0 Å². The number of rotatable bonds is 3. The third-order valence-electron chi connectivity index (χ3n) is 3.13. The van der Waals surface area contributed by atoms with Gasteiger partial charge in [-0.15, -0.1) is 0 Å². The molecule has 94 valence electrons. The van der Waals surface area contributed by atoms with Gasteiger partial charge in [-0.2, -0.15) is 11.8 Å². The molecule has 0 amide bonds. The Labute approximate surface area is 113 Å². The zero-order chi connectivity index (χ0) is 12.3. The van der Waals surface area contributed by atoms with Gasteiger partial charge in [0, 0.05) is 34.8 Å². The lowest BCUT2D eigenvalue weighted by Gasteiger charge is -2.36. The van der Waals surface area contributed by atoms with Crippen LogP contribution in [0.15, 0.2) is 18.2 Å². The molecule has 1 aliphatic heterocycles. The summed E-state index contributed by atoms with van der Waals surface area (Å²) >= 11 is 8.10. The summed E-state index contributed by atoms with van der Waals surface area (Å²) in [5.41, 5.74) is 8.27. The Bertz CT molecular complexity index is 384. The average molecular weight is 271 g/mol. The molecule has 2 rings (SSSR count). The summed E-state index contributed by atoms with van der Waals surface area (Å²) in [5.74, 6) is 2.40. The number of halogens is 1. The number of hydrogen-bond acceptors (Lipinski definition) is 3. The smallest absolute Gasteiger partial charge is 0.0410 e. The van der Waals surface area contributed by atoms with E-state index in [0.29, 0.717) is 12.6 Å². The van der Waals surface area contributed by atoms with Crippen molar-refractivity contribution in [2.75, 3.05) is 29.5 Å². The molecule has 0 saturated carbocycles. The van der Waals surface area contributed by atoms with Crippen LogP contribution < -0.4 is 10.6 Å². The summed E-state index contributed by atoms with van der Waals surface area (Å²) in [6, 6.07) is 6.76. The Kier molecular flexibility index (Phi) is 4.60. The molecule has 1 fully saturated rings. The van der Waals surface area contributed by atoms with Crippen LogP contribution in [0.1, 0.15) is 12.5 Å². The number of thioether (sulfide) groups is 1. The number of benzene rings is 1. The molecule has 1 unspecified atom stereocenters. The summed E-state index contributed by atoms with van der Waals surface area (Å²) in [6.45, 7) is 4.07. The fourth-order valence-electron chi connectivity index (χ4n) is 2.28. The fourth-order valence-corrected chi connectivity index (χ4v) is 3.48. The largest absolute Gasteiger partial charge is 0.367 e. The second-order valence-corrected chi connectivity index (χ2v) is 6.02. The van der Waals surface area contributed by atoms with E-state index < -0.39 is 0 Å². The standard InChI is InChI=1S/C13H19ClN2S/c1-10-9-17-7-6-16(10)13-3-2-12(14)8-11(13)4-5-15/h2-3,8,10H,4-7,9,15H2,1H3. The number of hydrogen-bond donors (Lipinski definition) is 1. The van der Waals surface area contributed by atoms with Crippen LogP contribution in [0.25, 0.3) is 0 Å². The summed E-state index contributed by atoms with van der Waals surface area (Å²) in [5, 5.41) is 0.802. The highest BCUT2D eigenvalue weighted by Crippen LogP contribution is 2.29. The summed E-state index contributed by atoms with van der Waals surface area (Å²) in [4.78, 5) is 2.48. The monoisotopic (exact) mass is 270 g/mol. The number of anilines is 1. The van der Waals surface area contributed by atoms with E-state index in [4.69, 9.17) is 17.3 Å². The molecule has 0 radical (unpaired) electrons. The van der Waals surface area contributed by atoms with Crippen molar-refractivity contribution in [1.29, 1.82) is 0 Å². The first-order valence-corrected chi connectivity index (χ1v) is 7.58. The lowest BCUT2D eigenvalue weighted by Crippen LogP contribution is -2.41. The molecule has 2 nitrogen and oxygen atoms in total. The van der Waals surface area contributed by atoms with Crippen LogP contribution in [-0.4, -0.2) is 30.6 Å². The van der Waals surface area contributed by atoms with Crippen molar-refractivity contribution in [2.45, 2.75) is 19.4 Å². The van der Waals surface area contributed by atoms with Gasteiger partial charge in [0.25, 0.3) is 0 Å². The molecule has 0 spiro atoms. The van der Waals surface area contributed by atoms with Crippen LogP contribution in [0.2, 0.25) is 5.02 Å². The van der Waals surface area contributed by atoms with Crippen LogP contribution in [0, 0.1) is 0 Å². The Hall–Kier alpha value is -0.380. The van der Waals surface area contributed by atoms with Crippen molar-refractivity contribution >= 4 is 29.1 Å². The highest BCUT2D eigenvalue weighted by atomic mass is 35.5. The van der Waals surface area contributed by atoms with Gasteiger partial charge in [0.2, 0.25) is 0 Å². The van der Waals surface area contributed by atoms with Crippen molar-refractivity contribution in [1.82, 2.24) is 0 Å². The molecule has 0 aromatic heterocycles. The van der Waals surface area contributed by atoms with E-state index in [0.717, 1.165) is 18.0 Å². The fraction of sp³-hybridized carbons (Fsp3) is 0.538. The first kappa shape index (κ1) is 13.1. The van der Waals surface area contributed by atoms with Crippen molar-refractivity contribution in [2.24, 2.45) is 5.73 Å². The van der Waals surface area contributed by atoms with Crippen molar-refractivity contribution in [3.63, 3.8) is 0 Å². The molecule has 0 aliphatic carbocycles. The third kappa shape index (κ3) is 3.09. The lowest BCUT2D eigenvalue weighted by atomic mass is 10.1. The molecule has 1 aromatic rings. The molecule has 1 atom stereocenters. The lowest BCUT2D eigenvalue weighted by molar-refractivity contribution is 0.695. The molecule has 4 heteroatoms. The minimum atomic E-state index is 0.589. The van der Waals surface area contributed by atoms with Crippen molar-refractivity contribution in [3.8, 4) is 0 Å². The van der Waals surface area contributed by atoms with Crippen LogP contribution in [0.3, 0.4) is 0 Å². The molecule has 17 heavy (non-hydrogen) atoms. The van der Waals surface area contributed by atoms with E-state index in [-0.39, 0.29) is 0 Å². The van der Waals surface area contributed by atoms with Gasteiger partial charge in [-0.1, -0.05) is 11.6 Å². The molecule has 1 heterocycles. The molecule has 1 saturated heterocycles. The summed E-state index contributed by atoms with van der Waals surface area (Å²) < 4.78 is 0. The third-order valence-corrected chi connectivity index (χ3v) is 4.56.